The van der Waals surface area contributed by atoms with Crippen LogP contribution in [-0.2, 0) is 12.5 Å². The average Bonchev–Trinajstić information content (AvgIpc) is 3.14. The van der Waals surface area contributed by atoms with Crippen molar-refractivity contribution in [2.45, 2.75) is 26.2 Å². The zero-order chi connectivity index (χ0) is 24.5. The Morgan fingerprint density at radius 2 is 1.82 bits per heavy atom. The minimum atomic E-state index is -0.489. The zero-order valence-electron chi connectivity index (χ0n) is 19.4. The number of nitro groups is 1. The number of imidazole rings is 1. The molecule has 34 heavy (non-hydrogen) atoms. The SMILES string of the molecule is Cn1c(/C(C#N)=C/c2ccc(Oc3ccc(C(C)(C)C)cc3)c([N+](=O)[O-])c2)nc2ccccc21. The Morgan fingerprint density at radius 3 is 2.44 bits per heavy atom. The van der Waals surface area contributed by atoms with Crippen LogP contribution in [0.3, 0.4) is 0 Å². The highest BCUT2D eigenvalue weighted by Gasteiger charge is 2.19. The Morgan fingerprint density at radius 1 is 1.12 bits per heavy atom. The van der Waals surface area contributed by atoms with Gasteiger partial charge in [-0.1, -0.05) is 51.1 Å². The first-order valence-electron chi connectivity index (χ1n) is 10.8. The number of para-hydroxylation sites is 2. The molecule has 4 rings (SSSR count). The summed E-state index contributed by atoms with van der Waals surface area (Å²) >= 11 is 0. The van der Waals surface area contributed by atoms with Crippen molar-refractivity contribution < 1.29 is 9.66 Å². The highest BCUT2D eigenvalue weighted by atomic mass is 16.6. The number of hydrogen-bond donors (Lipinski definition) is 0. The minimum absolute atomic E-state index is 0.00396. The maximum absolute atomic E-state index is 11.8. The second kappa shape index (κ2) is 8.83. The lowest BCUT2D eigenvalue weighted by Gasteiger charge is -2.19. The number of ether oxygens (including phenoxy) is 1. The van der Waals surface area contributed by atoms with Gasteiger partial charge < -0.3 is 9.30 Å². The van der Waals surface area contributed by atoms with Gasteiger partial charge in [0.15, 0.2) is 5.82 Å². The molecule has 0 fully saturated rings. The summed E-state index contributed by atoms with van der Waals surface area (Å²) in [6, 6.07) is 21.9. The molecule has 0 N–H and O–H groups in total. The van der Waals surface area contributed by atoms with Gasteiger partial charge >= 0.3 is 5.69 Å². The standard InChI is InChI=1S/C27H24N4O3/c1-27(2,3)20-10-12-21(13-11-20)34-25-14-9-18(16-24(25)31(32)33)15-19(17-28)26-29-22-7-5-6-8-23(22)30(26)4/h5-16H,1-4H3/b19-15+. The van der Waals surface area contributed by atoms with E-state index in [1.54, 1.807) is 30.3 Å². The van der Waals surface area contributed by atoms with Gasteiger partial charge in [-0.25, -0.2) is 4.98 Å². The van der Waals surface area contributed by atoms with E-state index in [0.717, 1.165) is 16.6 Å². The van der Waals surface area contributed by atoms with Gasteiger partial charge in [-0.2, -0.15) is 5.26 Å². The first-order chi connectivity index (χ1) is 16.2. The van der Waals surface area contributed by atoms with E-state index in [1.807, 2.05) is 48.0 Å². The molecule has 7 nitrogen and oxygen atoms in total. The molecule has 4 aromatic rings. The van der Waals surface area contributed by atoms with Crippen LogP contribution in [-0.4, -0.2) is 14.5 Å². The maximum Gasteiger partial charge on any atom is 0.312 e. The Labute approximate surface area is 197 Å². The van der Waals surface area contributed by atoms with Crippen molar-refractivity contribution >= 4 is 28.4 Å². The highest BCUT2D eigenvalue weighted by molar-refractivity contribution is 5.91. The van der Waals surface area contributed by atoms with Crippen LogP contribution in [0.4, 0.5) is 5.69 Å². The van der Waals surface area contributed by atoms with Crippen LogP contribution < -0.4 is 4.74 Å². The number of aryl methyl sites for hydroxylation is 1. The van der Waals surface area contributed by atoms with Crippen LogP contribution in [0.5, 0.6) is 11.5 Å². The van der Waals surface area contributed by atoms with Gasteiger partial charge in [0, 0.05) is 13.1 Å². The molecule has 0 aliphatic rings. The molecule has 170 valence electrons. The molecule has 0 unspecified atom stereocenters. The molecule has 0 atom stereocenters. The van der Waals surface area contributed by atoms with Gasteiger partial charge in [-0.15, -0.1) is 0 Å². The van der Waals surface area contributed by atoms with E-state index in [0.29, 0.717) is 22.7 Å². The molecule has 0 radical (unpaired) electrons. The number of hydrogen-bond acceptors (Lipinski definition) is 5. The lowest BCUT2D eigenvalue weighted by molar-refractivity contribution is -0.385. The molecule has 0 saturated heterocycles. The van der Waals surface area contributed by atoms with Gasteiger partial charge in [0.1, 0.15) is 11.8 Å². The number of fused-ring (bicyclic) bond motifs is 1. The largest absolute Gasteiger partial charge is 0.450 e. The third-order valence-electron chi connectivity index (χ3n) is 5.59. The fraction of sp³-hybridized carbons (Fsp3) is 0.185. The van der Waals surface area contributed by atoms with E-state index >= 15 is 0 Å². The van der Waals surface area contributed by atoms with Crippen LogP contribution in [0.2, 0.25) is 0 Å². The van der Waals surface area contributed by atoms with Crippen molar-refractivity contribution in [1.82, 2.24) is 9.55 Å². The molecular weight excluding hydrogens is 428 g/mol. The molecule has 1 heterocycles. The molecule has 7 heteroatoms. The highest BCUT2D eigenvalue weighted by Crippen LogP contribution is 2.34. The fourth-order valence-electron chi connectivity index (χ4n) is 3.70. The van der Waals surface area contributed by atoms with Gasteiger partial charge in [0.25, 0.3) is 0 Å². The molecule has 1 aromatic heterocycles. The summed E-state index contributed by atoms with van der Waals surface area (Å²) in [6.45, 7) is 6.34. The van der Waals surface area contributed by atoms with Crippen molar-refractivity contribution in [3.05, 3.63) is 93.8 Å². The van der Waals surface area contributed by atoms with E-state index in [-0.39, 0.29) is 16.9 Å². The van der Waals surface area contributed by atoms with Crippen molar-refractivity contribution in [1.29, 1.82) is 5.26 Å². The first-order valence-corrected chi connectivity index (χ1v) is 10.8. The van der Waals surface area contributed by atoms with Crippen LogP contribution >= 0.6 is 0 Å². The van der Waals surface area contributed by atoms with Crippen LogP contribution in [0.1, 0.15) is 37.7 Å². The number of nitro benzene ring substituents is 1. The number of rotatable bonds is 5. The Balaban J connectivity index is 1.68. The Bertz CT molecular complexity index is 1450. The van der Waals surface area contributed by atoms with E-state index in [9.17, 15) is 15.4 Å². The molecule has 0 aliphatic heterocycles. The van der Waals surface area contributed by atoms with Crippen molar-refractivity contribution in [3.63, 3.8) is 0 Å². The van der Waals surface area contributed by atoms with Crippen LogP contribution in [0.25, 0.3) is 22.7 Å². The monoisotopic (exact) mass is 452 g/mol. The van der Waals surface area contributed by atoms with Gasteiger partial charge in [0.05, 0.1) is 21.5 Å². The molecule has 0 spiro atoms. The molecule has 3 aromatic carbocycles. The summed E-state index contributed by atoms with van der Waals surface area (Å²) in [7, 11) is 1.83. The molecule has 0 amide bonds. The minimum Gasteiger partial charge on any atom is -0.450 e. The second-order valence-electron chi connectivity index (χ2n) is 9.01. The third-order valence-corrected chi connectivity index (χ3v) is 5.59. The number of aromatic nitrogens is 2. The first kappa shape index (κ1) is 22.7. The fourth-order valence-corrected chi connectivity index (χ4v) is 3.70. The maximum atomic E-state index is 11.8. The smallest absolute Gasteiger partial charge is 0.312 e. The normalized spacial score (nSPS) is 11.9. The van der Waals surface area contributed by atoms with E-state index in [4.69, 9.17) is 4.74 Å². The van der Waals surface area contributed by atoms with Gasteiger partial charge in [-0.3, -0.25) is 10.1 Å². The number of nitrogens with zero attached hydrogens (tertiary/aromatic N) is 4. The molecule has 0 saturated carbocycles. The second-order valence-corrected chi connectivity index (χ2v) is 9.01. The van der Waals surface area contributed by atoms with E-state index < -0.39 is 4.92 Å². The lowest BCUT2D eigenvalue weighted by atomic mass is 9.87. The number of allylic oxidation sites excluding steroid dienone is 1. The summed E-state index contributed by atoms with van der Waals surface area (Å²) in [4.78, 5) is 15.8. The predicted molar refractivity (Wildman–Crippen MR) is 133 cm³/mol. The summed E-state index contributed by atoms with van der Waals surface area (Å²) in [6.07, 6.45) is 1.59. The summed E-state index contributed by atoms with van der Waals surface area (Å²) in [5.74, 6) is 1.13. The van der Waals surface area contributed by atoms with Crippen molar-refractivity contribution in [2.24, 2.45) is 7.05 Å². The molecule has 0 bridgehead atoms. The summed E-state index contributed by atoms with van der Waals surface area (Å²) in [5.41, 5.74) is 3.43. The van der Waals surface area contributed by atoms with Crippen molar-refractivity contribution in [2.75, 3.05) is 0 Å². The van der Waals surface area contributed by atoms with Gasteiger partial charge in [0.2, 0.25) is 5.75 Å². The van der Waals surface area contributed by atoms with Crippen molar-refractivity contribution in [3.8, 4) is 17.6 Å². The Kier molecular flexibility index (Phi) is 5.91. The van der Waals surface area contributed by atoms with Crippen LogP contribution in [0, 0.1) is 21.4 Å². The number of benzene rings is 3. The molecule has 0 aliphatic carbocycles. The quantitative estimate of drug-likeness (QED) is 0.192. The predicted octanol–water partition coefficient (Wildman–Crippen LogP) is 6.64. The van der Waals surface area contributed by atoms with E-state index in [1.165, 1.54) is 6.07 Å². The average molecular weight is 453 g/mol. The topological polar surface area (TPSA) is 94.0 Å². The van der Waals surface area contributed by atoms with Gasteiger partial charge in [-0.05, 0) is 52.9 Å². The lowest BCUT2D eigenvalue weighted by Crippen LogP contribution is -2.10. The summed E-state index contributed by atoms with van der Waals surface area (Å²) < 4.78 is 7.66. The summed E-state index contributed by atoms with van der Waals surface area (Å²) in [5, 5.41) is 21.5. The molecular formula is C27H24N4O3. The zero-order valence-corrected chi connectivity index (χ0v) is 19.4. The Hall–Kier alpha value is -4.44. The van der Waals surface area contributed by atoms with Crippen LogP contribution in [0.15, 0.2) is 66.7 Å². The van der Waals surface area contributed by atoms with E-state index in [2.05, 4.69) is 31.8 Å². The number of nitriles is 1. The third kappa shape index (κ3) is 4.52.